The lowest BCUT2D eigenvalue weighted by Gasteiger charge is -2.16. The first-order chi connectivity index (χ1) is 14.8. The molecule has 2 heterocycles. The molecule has 2 heteroatoms. The maximum Gasteiger partial charge on any atom is 0.0449 e. The van der Waals surface area contributed by atoms with Gasteiger partial charge < -0.3 is 0 Å². The van der Waals surface area contributed by atoms with Crippen LogP contribution in [0.25, 0.3) is 32.0 Å². The van der Waals surface area contributed by atoms with Crippen LogP contribution < -0.4 is 0 Å². The number of thiophene rings is 2. The molecule has 2 aliphatic rings. The van der Waals surface area contributed by atoms with Crippen LogP contribution in [0.1, 0.15) is 47.9 Å². The van der Waals surface area contributed by atoms with Crippen molar-refractivity contribution in [2.24, 2.45) is 0 Å². The Morgan fingerprint density at radius 2 is 0.867 bits per heavy atom. The van der Waals surface area contributed by atoms with E-state index >= 15 is 0 Å². The molecular formula is C28H26S2. The van der Waals surface area contributed by atoms with Gasteiger partial charge in [0.2, 0.25) is 0 Å². The zero-order valence-corrected chi connectivity index (χ0v) is 18.9. The first-order valence-corrected chi connectivity index (χ1v) is 13.0. The molecule has 2 aromatic carbocycles. The molecule has 0 atom stereocenters. The summed E-state index contributed by atoms with van der Waals surface area (Å²) >= 11 is 3.75. The second-order valence-electron chi connectivity index (χ2n) is 8.78. The summed E-state index contributed by atoms with van der Waals surface area (Å²) in [6.45, 7) is 0. The van der Waals surface area contributed by atoms with Gasteiger partial charge >= 0.3 is 0 Å². The van der Waals surface area contributed by atoms with E-state index in [1.54, 1.807) is 22.3 Å². The van der Waals surface area contributed by atoms with E-state index in [2.05, 4.69) is 59.3 Å². The van der Waals surface area contributed by atoms with Crippen molar-refractivity contribution in [3.8, 4) is 32.0 Å². The highest BCUT2D eigenvalue weighted by Gasteiger charge is 2.14. The van der Waals surface area contributed by atoms with Crippen molar-refractivity contribution in [2.45, 2.75) is 51.4 Å². The lowest BCUT2D eigenvalue weighted by molar-refractivity contribution is 0.686. The van der Waals surface area contributed by atoms with Crippen LogP contribution in [0.5, 0.6) is 0 Å². The van der Waals surface area contributed by atoms with Crippen molar-refractivity contribution in [2.75, 3.05) is 0 Å². The predicted octanol–water partition coefficient (Wildman–Crippen LogP) is 8.57. The molecule has 150 valence electrons. The van der Waals surface area contributed by atoms with Crippen molar-refractivity contribution in [1.82, 2.24) is 0 Å². The number of fused-ring (bicyclic) bond motifs is 2. The fourth-order valence-electron chi connectivity index (χ4n) is 5.06. The van der Waals surface area contributed by atoms with Gasteiger partial charge in [0.05, 0.1) is 0 Å². The summed E-state index contributed by atoms with van der Waals surface area (Å²) in [5.74, 6) is 0. The second kappa shape index (κ2) is 7.83. The molecule has 6 rings (SSSR count). The summed E-state index contributed by atoms with van der Waals surface area (Å²) in [6.07, 6.45) is 10.4. The van der Waals surface area contributed by atoms with Crippen LogP contribution in [0.4, 0.5) is 0 Å². The molecule has 0 unspecified atom stereocenters. The maximum absolute atomic E-state index is 2.44. The Labute approximate surface area is 187 Å². The van der Waals surface area contributed by atoms with Crippen molar-refractivity contribution in [1.29, 1.82) is 0 Å². The molecule has 0 spiro atoms. The van der Waals surface area contributed by atoms with Crippen LogP contribution in [-0.2, 0) is 25.7 Å². The number of hydrogen-bond donors (Lipinski definition) is 0. The Balaban J connectivity index is 1.28. The van der Waals surface area contributed by atoms with Crippen molar-refractivity contribution in [3.05, 3.63) is 81.5 Å². The zero-order chi connectivity index (χ0) is 19.9. The Bertz CT molecular complexity index is 1110. The van der Waals surface area contributed by atoms with Crippen LogP contribution in [0, 0.1) is 0 Å². The smallest absolute Gasteiger partial charge is 0.0449 e. The normalized spacial score (nSPS) is 15.6. The molecule has 30 heavy (non-hydrogen) atoms. The van der Waals surface area contributed by atoms with Gasteiger partial charge in [-0.3, -0.25) is 0 Å². The van der Waals surface area contributed by atoms with Gasteiger partial charge in [-0.25, -0.2) is 0 Å². The number of aryl methyl sites for hydroxylation is 4. The molecule has 2 aromatic heterocycles. The van der Waals surface area contributed by atoms with Crippen LogP contribution >= 0.6 is 22.7 Å². The van der Waals surface area contributed by atoms with E-state index in [0.29, 0.717) is 0 Å². The summed E-state index contributed by atoms with van der Waals surface area (Å²) in [6, 6.07) is 19.0. The maximum atomic E-state index is 2.44. The molecule has 2 aliphatic carbocycles. The molecule has 0 aliphatic heterocycles. The lowest BCUT2D eigenvalue weighted by Crippen LogP contribution is -2.02. The van der Waals surface area contributed by atoms with Gasteiger partial charge in [-0.2, -0.15) is 0 Å². The van der Waals surface area contributed by atoms with Gasteiger partial charge in [0.15, 0.2) is 0 Å². The van der Waals surface area contributed by atoms with Gasteiger partial charge in [-0.1, -0.05) is 36.4 Å². The van der Waals surface area contributed by atoms with E-state index in [-0.39, 0.29) is 0 Å². The molecule has 0 saturated carbocycles. The molecule has 0 amide bonds. The Morgan fingerprint density at radius 3 is 1.33 bits per heavy atom. The molecule has 4 aromatic rings. The van der Waals surface area contributed by atoms with Crippen LogP contribution in [0.15, 0.2) is 59.3 Å². The third-order valence-corrected chi connectivity index (χ3v) is 8.86. The molecule has 0 nitrogen and oxygen atoms in total. The summed E-state index contributed by atoms with van der Waals surface area (Å²) in [5.41, 5.74) is 11.8. The van der Waals surface area contributed by atoms with E-state index in [9.17, 15) is 0 Å². The SMILES string of the molecule is c1cc2c(cc1-c1csc(-c3cc(-c4ccc5c(c4)CCCC5)cs3)c1)CCCC2. The minimum atomic E-state index is 1.25. The van der Waals surface area contributed by atoms with Crippen molar-refractivity contribution < 1.29 is 0 Å². The fraction of sp³-hybridized carbons (Fsp3) is 0.286. The summed E-state index contributed by atoms with van der Waals surface area (Å²) in [7, 11) is 0. The first kappa shape index (κ1) is 18.6. The lowest BCUT2D eigenvalue weighted by atomic mass is 9.89. The number of rotatable bonds is 3. The van der Waals surface area contributed by atoms with Gasteiger partial charge in [0, 0.05) is 9.75 Å². The third kappa shape index (κ3) is 3.46. The molecule has 0 saturated heterocycles. The Kier molecular flexibility index (Phi) is 4.85. The summed E-state index contributed by atoms with van der Waals surface area (Å²) in [4.78, 5) is 2.77. The highest BCUT2D eigenvalue weighted by atomic mass is 32.1. The average molecular weight is 427 g/mol. The van der Waals surface area contributed by atoms with Crippen LogP contribution in [0.3, 0.4) is 0 Å². The van der Waals surface area contributed by atoms with E-state index in [1.807, 2.05) is 22.7 Å². The van der Waals surface area contributed by atoms with E-state index in [4.69, 9.17) is 0 Å². The van der Waals surface area contributed by atoms with Gasteiger partial charge in [-0.05, 0) is 119 Å². The Morgan fingerprint density at radius 1 is 0.433 bits per heavy atom. The second-order valence-corrected chi connectivity index (χ2v) is 10.6. The van der Waals surface area contributed by atoms with Gasteiger partial charge in [0.25, 0.3) is 0 Å². The Hall–Kier alpha value is -2.16. The van der Waals surface area contributed by atoms with Crippen molar-refractivity contribution >= 4 is 22.7 Å². The molecule has 0 bridgehead atoms. The van der Waals surface area contributed by atoms with Crippen LogP contribution in [0.2, 0.25) is 0 Å². The third-order valence-electron chi connectivity index (χ3n) is 6.81. The van der Waals surface area contributed by atoms with Gasteiger partial charge in [0.1, 0.15) is 0 Å². The van der Waals surface area contributed by atoms with E-state index in [1.165, 1.54) is 83.4 Å². The molecule has 0 radical (unpaired) electrons. The topological polar surface area (TPSA) is 0 Å². The highest BCUT2D eigenvalue weighted by Crippen LogP contribution is 2.39. The van der Waals surface area contributed by atoms with E-state index < -0.39 is 0 Å². The molecule has 0 N–H and O–H groups in total. The van der Waals surface area contributed by atoms with E-state index in [0.717, 1.165) is 0 Å². The minimum absolute atomic E-state index is 1.25. The summed E-state index contributed by atoms with van der Waals surface area (Å²) < 4.78 is 0. The van der Waals surface area contributed by atoms with Crippen LogP contribution in [-0.4, -0.2) is 0 Å². The predicted molar refractivity (Wildman–Crippen MR) is 132 cm³/mol. The standard InChI is InChI=1S/C28H26S2/c1-3-7-21-13-23(11-9-19(21)5-1)25-15-27(29-17-25)28-16-26(18-30-28)24-12-10-20-6-2-4-8-22(20)14-24/h9-18H,1-8H2. The zero-order valence-electron chi connectivity index (χ0n) is 17.2. The molecular weight excluding hydrogens is 400 g/mol. The first-order valence-electron chi connectivity index (χ1n) is 11.3. The minimum Gasteiger partial charge on any atom is -0.142 e. The monoisotopic (exact) mass is 426 g/mol. The fourth-order valence-corrected chi connectivity index (χ4v) is 7.00. The average Bonchev–Trinajstić information content (AvgIpc) is 3.48. The molecule has 0 fully saturated rings. The summed E-state index contributed by atoms with van der Waals surface area (Å²) in [5, 5.41) is 4.66. The quantitative estimate of drug-likeness (QED) is 0.308. The van der Waals surface area contributed by atoms with Gasteiger partial charge in [-0.15, -0.1) is 22.7 Å². The number of hydrogen-bond acceptors (Lipinski definition) is 2. The number of benzene rings is 2. The largest absolute Gasteiger partial charge is 0.142 e. The van der Waals surface area contributed by atoms with Crippen molar-refractivity contribution in [3.63, 3.8) is 0 Å². The highest BCUT2D eigenvalue weighted by molar-refractivity contribution is 7.20.